The average Bonchev–Trinajstić information content (AvgIpc) is 3.36. The summed E-state index contributed by atoms with van der Waals surface area (Å²) in [7, 11) is 0. The highest BCUT2D eigenvalue weighted by Gasteiger charge is 2.36. The van der Waals surface area contributed by atoms with Crippen LogP contribution in [0.5, 0.6) is 0 Å². The van der Waals surface area contributed by atoms with E-state index in [1.54, 1.807) is 30.5 Å². The number of nitrogens with two attached hydrogens (primary N) is 1. The zero-order chi connectivity index (χ0) is 23.6. The summed E-state index contributed by atoms with van der Waals surface area (Å²) in [5.74, 6) is 1.60. The van der Waals surface area contributed by atoms with Crippen LogP contribution < -0.4 is 11.1 Å². The fourth-order valence-electron chi connectivity index (χ4n) is 3.72. The molecule has 1 aliphatic heterocycles. The number of fused-ring (bicyclic) bond motifs is 1. The number of aromatic nitrogens is 7. The highest BCUT2D eigenvalue weighted by molar-refractivity contribution is 5.94. The first kappa shape index (κ1) is 22.6. The molecule has 5 heterocycles. The fourth-order valence-corrected chi connectivity index (χ4v) is 3.72. The van der Waals surface area contributed by atoms with Gasteiger partial charge in [0.15, 0.2) is 0 Å². The molecule has 0 aromatic carbocycles. The number of aromatic amines is 1. The van der Waals surface area contributed by atoms with Gasteiger partial charge in [-0.15, -0.1) is 10.2 Å². The molecule has 4 N–H and O–H groups in total. The van der Waals surface area contributed by atoms with E-state index in [0.29, 0.717) is 34.7 Å². The molecule has 4 aromatic rings. The van der Waals surface area contributed by atoms with E-state index >= 15 is 0 Å². The second-order valence-electron chi connectivity index (χ2n) is 7.70. The predicted octanol–water partition coefficient (Wildman–Crippen LogP) is 3.58. The lowest BCUT2D eigenvalue weighted by atomic mass is 10.1. The van der Waals surface area contributed by atoms with Crippen molar-refractivity contribution in [3.05, 3.63) is 41.7 Å². The predicted molar refractivity (Wildman–Crippen MR) is 118 cm³/mol. The molecular formula is C21H24F3N9. The van der Waals surface area contributed by atoms with Gasteiger partial charge in [-0.05, 0) is 51.9 Å². The van der Waals surface area contributed by atoms with Crippen LogP contribution in [0, 0.1) is 13.8 Å². The number of H-pyrrole nitrogens is 1. The molecule has 4 aromatic heterocycles. The number of rotatable bonds is 2. The molecule has 33 heavy (non-hydrogen) atoms. The van der Waals surface area contributed by atoms with Crippen LogP contribution in [0.15, 0.2) is 24.5 Å². The summed E-state index contributed by atoms with van der Waals surface area (Å²) >= 11 is 0. The fraction of sp³-hybridized carbons (Fsp3) is 0.381. The minimum atomic E-state index is -4.61. The number of nitrogen functional groups attached to an aromatic ring is 1. The quantitative estimate of drug-likeness (QED) is 0.419. The Morgan fingerprint density at radius 2 is 1.70 bits per heavy atom. The van der Waals surface area contributed by atoms with E-state index in [0.717, 1.165) is 0 Å². The van der Waals surface area contributed by atoms with Crippen LogP contribution in [0.4, 0.5) is 19.1 Å². The molecular weight excluding hydrogens is 435 g/mol. The van der Waals surface area contributed by atoms with Gasteiger partial charge >= 0.3 is 6.18 Å². The number of pyridine rings is 1. The van der Waals surface area contributed by atoms with E-state index in [1.807, 2.05) is 0 Å². The van der Waals surface area contributed by atoms with Gasteiger partial charge < -0.3 is 16.0 Å². The highest BCUT2D eigenvalue weighted by Crippen LogP contribution is 2.38. The summed E-state index contributed by atoms with van der Waals surface area (Å²) in [5.41, 5.74) is 4.89. The molecule has 0 amide bonds. The van der Waals surface area contributed by atoms with Crippen LogP contribution in [-0.2, 0) is 6.18 Å². The lowest BCUT2D eigenvalue weighted by molar-refractivity contribution is -0.137. The van der Waals surface area contributed by atoms with Gasteiger partial charge in [0.05, 0.1) is 5.69 Å². The Balaban J connectivity index is 0.000000376. The molecule has 9 nitrogen and oxygen atoms in total. The summed E-state index contributed by atoms with van der Waals surface area (Å²) in [5, 5.41) is 11.7. The molecule has 0 radical (unpaired) electrons. The molecule has 0 atom stereocenters. The van der Waals surface area contributed by atoms with Gasteiger partial charge in [0.1, 0.15) is 28.7 Å². The minimum Gasteiger partial charge on any atom is -0.368 e. The van der Waals surface area contributed by atoms with Gasteiger partial charge in [-0.1, -0.05) is 6.42 Å². The van der Waals surface area contributed by atoms with Gasteiger partial charge in [-0.2, -0.15) is 13.2 Å². The Morgan fingerprint density at radius 1 is 1.00 bits per heavy atom. The van der Waals surface area contributed by atoms with Crippen molar-refractivity contribution in [3.8, 4) is 17.1 Å². The number of anilines is 1. The lowest BCUT2D eigenvalue weighted by Gasteiger charge is -2.11. The number of nitrogens with one attached hydrogen (secondary N) is 2. The van der Waals surface area contributed by atoms with Crippen molar-refractivity contribution in [2.45, 2.75) is 39.3 Å². The summed E-state index contributed by atoms with van der Waals surface area (Å²) in [6.07, 6.45) is 1.70. The number of hydrogen-bond donors (Lipinski definition) is 3. The maximum absolute atomic E-state index is 13.3. The largest absolute Gasteiger partial charge is 0.419 e. The topological polar surface area (TPSA) is 123 Å². The lowest BCUT2D eigenvalue weighted by Crippen LogP contribution is -2.21. The third-order valence-corrected chi connectivity index (χ3v) is 5.31. The third-order valence-electron chi connectivity index (χ3n) is 5.31. The highest BCUT2D eigenvalue weighted by atomic mass is 19.4. The number of piperidine rings is 1. The molecule has 0 saturated carbocycles. The number of hydrogen-bond acceptors (Lipinski definition) is 7. The van der Waals surface area contributed by atoms with Crippen molar-refractivity contribution < 1.29 is 13.2 Å². The van der Waals surface area contributed by atoms with Crippen LogP contribution in [0.1, 0.15) is 36.5 Å². The van der Waals surface area contributed by atoms with Crippen molar-refractivity contribution in [1.82, 2.24) is 40.0 Å². The molecule has 1 fully saturated rings. The van der Waals surface area contributed by atoms with Crippen LogP contribution in [0.3, 0.4) is 0 Å². The molecule has 0 bridgehead atoms. The van der Waals surface area contributed by atoms with E-state index in [4.69, 9.17) is 5.73 Å². The van der Waals surface area contributed by atoms with Crippen molar-refractivity contribution >= 4 is 17.0 Å². The first-order valence-corrected chi connectivity index (χ1v) is 10.5. The zero-order valence-corrected chi connectivity index (χ0v) is 18.2. The first-order chi connectivity index (χ1) is 15.8. The van der Waals surface area contributed by atoms with Crippen LogP contribution in [0.25, 0.3) is 28.1 Å². The molecule has 1 aliphatic rings. The zero-order valence-electron chi connectivity index (χ0n) is 18.2. The maximum Gasteiger partial charge on any atom is 0.419 e. The Labute approximate surface area is 187 Å². The molecule has 12 heteroatoms. The summed E-state index contributed by atoms with van der Waals surface area (Å²) in [6, 6.07) is 3.35. The van der Waals surface area contributed by atoms with Gasteiger partial charge in [0.25, 0.3) is 0 Å². The summed E-state index contributed by atoms with van der Waals surface area (Å²) in [6.45, 7) is 6.07. The minimum absolute atomic E-state index is 0.239. The second kappa shape index (κ2) is 9.14. The van der Waals surface area contributed by atoms with Crippen molar-refractivity contribution in [3.63, 3.8) is 0 Å². The van der Waals surface area contributed by atoms with Crippen LogP contribution in [0.2, 0.25) is 0 Å². The van der Waals surface area contributed by atoms with E-state index in [1.165, 1.54) is 38.5 Å². The van der Waals surface area contributed by atoms with Crippen molar-refractivity contribution in [1.29, 1.82) is 0 Å². The Bertz CT molecular complexity index is 1220. The molecule has 1 saturated heterocycles. The van der Waals surface area contributed by atoms with Crippen LogP contribution >= 0.6 is 0 Å². The molecule has 0 spiro atoms. The Hall–Kier alpha value is -3.54. The maximum atomic E-state index is 13.3. The van der Waals surface area contributed by atoms with Gasteiger partial charge in [-0.3, -0.25) is 4.57 Å². The van der Waals surface area contributed by atoms with Gasteiger partial charge in [0.2, 0.25) is 5.95 Å². The molecule has 0 unspecified atom stereocenters. The van der Waals surface area contributed by atoms with Crippen LogP contribution in [-0.4, -0.2) is 47.8 Å². The number of halogens is 3. The number of alkyl halides is 3. The van der Waals surface area contributed by atoms with Gasteiger partial charge in [-0.25, -0.2) is 15.0 Å². The molecule has 0 aliphatic carbocycles. The summed E-state index contributed by atoms with van der Waals surface area (Å²) < 4.78 is 41.8. The summed E-state index contributed by atoms with van der Waals surface area (Å²) in [4.78, 5) is 14.6. The Kier molecular flexibility index (Phi) is 6.27. The Morgan fingerprint density at radius 3 is 2.27 bits per heavy atom. The van der Waals surface area contributed by atoms with Crippen molar-refractivity contribution in [2.24, 2.45) is 0 Å². The molecule has 174 valence electrons. The second-order valence-corrected chi connectivity index (χ2v) is 7.70. The standard InChI is InChI=1S/C16H13F3N8.C5H11N/c1-7-25-26-8(2)27(7)12-4-3-9-10(5-21-14(9)23-12)13-11(16(17,18)19)6-22-15(20)24-13;1-2-4-6-5-3-1/h3-6H,1-2H3,(H,21,23)(H2,20,22,24);6H,1-5H2. The average molecular weight is 459 g/mol. The monoisotopic (exact) mass is 459 g/mol. The SMILES string of the molecule is C1CCNCC1.Cc1nnc(C)n1-c1ccc2c(-c3nc(N)ncc3C(F)(F)F)c[nH]c2n1. The third kappa shape index (κ3) is 4.80. The van der Waals surface area contributed by atoms with Gasteiger partial charge in [0, 0.05) is 23.3 Å². The van der Waals surface area contributed by atoms with E-state index in [2.05, 4.69) is 35.5 Å². The van der Waals surface area contributed by atoms with Crippen molar-refractivity contribution in [2.75, 3.05) is 18.8 Å². The molecule has 5 rings (SSSR count). The first-order valence-electron chi connectivity index (χ1n) is 10.5. The van der Waals surface area contributed by atoms with E-state index in [9.17, 15) is 13.2 Å². The number of nitrogens with zero attached hydrogens (tertiary/aromatic N) is 6. The smallest absolute Gasteiger partial charge is 0.368 e. The normalized spacial score (nSPS) is 14.2. The van der Waals surface area contributed by atoms with E-state index < -0.39 is 11.7 Å². The number of aryl methyl sites for hydroxylation is 2. The van der Waals surface area contributed by atoms with E-state index in [-0.39, 0.29) is 17.2 Å².